The van der Waals surface area contributed by atoms with Crippen molar-refractivity contribution in [2.24, 2.45) is 0 Å². The molecule has 0 aliphatic carbocycles. The summed E-state index contributed by atoms with van der Waals surface area (Å²) in [5.74, 6) is 0.833. The van der Waals surface area contributed by atoms with E-state index in [9.17, 15) is 0 Å². The number of halogens is 2. The van der Waals surface area contributed by atoms with Crippen LogP contribution < -0.4 is 4.74 Å². The Labute approximate surface area is 117 Å². The van der Waals surface area contributed by atoms with Gasteiger partial charge in [0.15, 0.2) is 0 Å². The molecule has 2 rings (SSSR count). The Morgan fingerprint density at radius 1 is 1.06 bits per heavy atom. The molecule has 0 fully saturated rings. The SMILES string of the molecule is COc1ccc(C(Cl)c2ccccc2Cl)c(C)c1. The van der Waals surface area contributed by atoms with Crippen molar-refractivity contribution in [3.05, 3.63) is 64.2 Å². The van der Waals surface area contributed by atoms with Crippen molar-refractivity contribution in [2.45, 2.75) is 12.3 Å². The van der Waals surface area contributed by atoms with Gasteiger partial charge in [0.25, 0.3) is 0 Å². The summed E-state index contributed by atoms with van der Waals surface area (Å²) in [6, 6.07) is 13.5. The molecule has 0 aliphatic rings. The van der Waals surface area contributed by atoms with Gasteiger partial charge in [0.05, 0.1) is 12.5 Å². The highest BCUT2D eigenvalue weighted by Gasteiger charge is 2.16. The fourth-order valence-electron chi connectivity index (χ4n) is 1.91. The maximum atomic E-state index is 6.51. The number of ether oxygens (including phenoxy) is 1. The first-order valence-electron chi connectivity index (χ1n) is 5.66. The first kappa shape index (κ1) is 13.3. The van der Waals surface area contributed by atoms with Crippen LogP contribution in [-0.4, -0.2) is 7.11 Å². The lowest BCUT2D eigenvalue weighted by atomic mass is 10.00. The summed E-state index contributed by atoms with van der Waals surface area (Å²) >= 11 is 12.7. The summed E-state index contributed by atoms with van der Waals surface area (Å²) in [6.45, 7) is 2.02. The first-order chi connectivity index (χ1) is 8.63. The predicted octanol–water partition coefficient (Wildman–Crippen LogP) is 4.99. The van der Waals surface area contributed by atoms with Gasteiger partial charge in [0.1, 0.15) is 5.75 Å². The molecule has 0 heterocycles. The second-order valence-corrected chi connectivity index (χ2v) is 4.95. The van der Waals surface area contributed by atoms with Crippen LogP contribution in [0, 0.1) is 6.92 Å². The van der Waals surface area contributed by atoms with Gasteiger partial charge in [-0.1, -0.05) is 35.9 Å². The summed E-state index contributed by atoms with van der Waals surface area (Å²) in [4.78, 5) is 0. The van der Waals surface area contributed by atoms with Crippen LogP contribution in [0.25, 0.3) is 0 Å². The zero-order valence-electron chi connectivity index (χ0n) is 10.3. The van der Waals surface area contributed by atoms with Crippen molar-refractivity contribution in [1.29, 1.82) is 0 Å². The van der Waals surface area contributed by atoms with Crippen LogP contribution in [0.5, 0.6) is 5.75 Å². The first-order valence-corrected chi connectivity index (χ1v) is 6.48. The number of alkyl halides is 1. The standard InChI is InChI=1S/C15H14Cl2O/c1-10-9-11(18-2)7-8-12(10)15(17)13-5-3-4-6-14(13)16/h3-9,15H,1-2H3. The van der Waals surface area contributed by atoms with Gasteiger partial charge in [-0.05, 0) is 41.8 Å². The minimum absolute atomic E-state index is 0.246. The highest BCUT2D eigenvalue weighted by molar-refractivity contribution is 6.33. The van der Waals surface area contributed by atoms with Gasteiger partial charge in [0, 0.05) is 5.02 Å². The maximum absolute atomic E-state index is 6.51. The van der Waals surface area contributed by atoms with E-state index in [0.29, 0.717) is 5.02 Å². The van der Waals surface area contributed by atoms with Crippen LogP contribution >= 0.6 is 23.2 Å². The molecule has 0 aromatic heterocycles. The van der Waals surface area contributed by atoms with Gasteiger partial charge in [-0.3, -0.25) is 0 Å². The van der Waals surface area contributed by atoms with Crippen molar-refractivity contribution in [3.8, 4) is 5.75 Å². The van der Waals surface area contributed by atoms with E-state index in [4.69, 9.17) is 27.9 Å². The molecule has 0 bridgehead atoms. The van der Waals surface area contributed by atoms with Crippen LogP contribution in [-0.2, 0) is 0 Å². The van der Waals surface area contributed by atoms with Crippen molar-refractivity contribution in [2.75, 3.05) is 7.11 Å². The van der Waals surface area contributed by atoms with Crippen LogP contribution in [0.3, 0.4) is 0 Å². The fourth-order valence-corrected chi connectivity index (χ4v) is 2.64. The molecule has 1 unspecified atom stereocenters. The third-order valence-corrected chi connectivity index (χ3v) is 3.74. The Balaban J connectivity index is 2.40. The zero-order chi connectivity index (χ0) is 13.1. The topological polar surface area (TPSA) is 9.23 Å². The van der Waals surface area contributed by atoms with E-state index in [2.05, 4.69) is 0 Å². The molecule has 1 nitrogen and oxygen atoms in total. The van der Waals surface area contributed by atoms with Gasteiger partial charge in [-0.25, -0.2) is 0 Å². The summed E-state index contributed by atoms with van der Waals surface area (Å²) in [7, 11) is 1.65. The monoisotopic (exact) mass is 280 g/mol. The molecule has 2 aromatic rings. The molecular formula is C15H14Cl2O. The zero-order valence-corrected chi connectivity index (χ0v) is 11.8. The number of hydrogen-bond acceptors (Lipinski definition) is 1. The molecule has 18 heavy (non-hydrogen) atoms. The number of methoxy groups -OCH3 is 1. The molecule has 2 aromatic carbocycles. The lowest BCUT2D eigenvalue weighted by Crippen LogP contribution is -1.97. The molecule has 0 saturated carbocycles. The number of hydrogen-bond donors (Lipinski definition) is 0. The summed E-state index contributed by atoms with van der Waals surface area (Å²) < 4.78 is 5.19. The number of aryl methyl sites for hydroxylation is 1. The summed E-state index contributed by atoms with van der Waals surface area (Å²) in [5, 5.41) is 0.442. The van der Waals surface area contributed by atoms with Gasteiger partial charge in [-0.15, -0.1) is 11.6 Å². The van der Waals surface area contributed by atoms with Crippen LogP contribution in [0.15, 0.2) is 42.5 Å². The van der Waals surface area contributed by atoms with E-state index in [1.54, 1.807) is 7.11 Å². The predicted molar refractivity (Wildman–Crippen MR) is 76.9 cm³/mol. The molecule has 3 heteroatoms. The lowest BCUT2D eigenvalue weighted by molar-refractivity contribution is 0.414. The molecular weight excluding hydrogens is 267 g/mol. The molecule has 0 amide bonds. The van der Waals surface area contributed by atoms with Gasteiger partial charge in [-0.2, -0.15) is 0 Å². The molecule has 94 valence electrons. The van der Waals surface area contributed by atoms with Crippen molar-refractivity contribution >= 4 is 23.2 Å². The van der Waals surface area contributed by atoms with E-state index >= 15 is 0 Å². The molecule has 0 radical (unpaired) electrons. The Kier molecular flexibility index (Phi) is 4.15. The quantitative estimate of drug-likeness (QED) is 0.720. The molecule has 0 aliphatic heterocycles. The Bertz CT molecular complexity index is 552. The largest absolute Gasteiger partial charge is 0.497 e. The lowest BCUT2D eigenvalue weighted by Gasteiger charge is -2.15. The van der Waals surface area contributed by atoms with E-state index in [0.717, 1.165) is 22.4 Å². The van der Waals surface area contributed by atoms with E-state index in [1.165, 1.54) is 0 Å². The fraction of sp³-hybridized carbons (Fsp3) is 0.200. The maximum Gasteiger partial charge on any atom is 0.119 e. The highest BCUT2D eigenvalue weighted by Crippen LogP contribution is 2.35. The molecule has 1 atom stereocenters. The van der Waals surface area contributed by atoms with E-state index in [1.807, 2.05) is 49.4 Å². The molecule has 0 saturated heterocycles. The smallest absolute Gasteiger partial charge is 0.119 e. The molecule has 0 spiro atoms. The second-order valence-electron chi connectivity index (χ2n) is 4.11. The third kappa shape index (κ3) is 2.63. The minimum Gasteiger partial charge on any atom is -0.497 e. The normalized spacial score (nSPS) is 12.2. The Morgan fingerprint density at radius 3 is 2.39 bits per heavy atom. The summed E-state index contributed by atoms with van der Waals surface area (Å²) in [5.41, 5.74) is 3.06. The van der Waals surface area contributed by atoms with Crippen LogP contribution in [0.2, 0.25) is 5.02 Å². The van der Waals surface area contributed by atoms with Gasteiger partial charge in [0.2, 0.25) is 0 Å². The number of rotatable bonds is 3. The van der Waals surface area contributed by atoms with E-state index in [-0.39, 0.29) is 5.38 Å². The Hall–Kier alpha value is -1.18. The van der Waals surface area contributed by atoms with Crippen molar-refractivity contribution in [3.63, 3.8) is 0 Å². The third-order valence-electron chi connectivity index (χ3n) is 2.93. The second kappa shape index (κ2) is 5.64. The average Bonchev–Trinajstić information content (AvgIpc) is 2.38. The van der Waals surface area contributed by atoms with Gasteiger partial charge >= 0.3 is 0 Å². The van der Waals surface area contributed by atoms with Crippen molar-refractivity contribution in [1.82, 2.24) is 0 Å². The minimum atomic E-state index is -0.246. The van der Waals surface area contributed by atoms with Crippen molar-refractivity contribution < 1.29 is 4.74 Å². The van der Waals surface area contributed by atoms with Crippen LogP contribution in [0.4, 0.5) is 0 Å². The average molecular weight is 281 g/mol. The number of benzene rings is 2. The molecule has 0 N–H and O–H groups in total. The Morgan fingerprint density at radius 2 is 1.78 bits per heavy atom. The van der Waals surface area contributed by atoms with Crippen LogP contribution in [0.1, 0.15) is 22.1 Å². The summed E-state index contributed by atoms with van der Waals surface area (Å²) in [6.07, 6.45) is 0. The van der Waals surface area contributed by atoms with E-state index < -0.39 is 0 Å². The highest BCUT2D eigenvalue weighted by atomic mass is 35.5. The van der Waals surface area contributed by atoms with Gasteiger partial charge < -0.3 is 4.74 Å².